The number of aromatic nitrogens is 1. The zero-order valence-corrected chi connectivity index (χ0v) is 9.26. The first-order valence-electron chi connectivity index (χ1n) is 4.96. The van der Waals surface area contributed by atoms with Gasteiger partial charge in [0.25, 0.3) is 0 Å². The first kappa shape index (κ1) is 12.0. The number of halogens is 1. The molecule has 0 unspecified atom stereocenters. The Balaban J connectivity index is 0.00000112. The molecule has 0 aromatic carbocycles. The van der Waals surface area contributed by atoms with Gasteiger partial charge in [0.05, 0.1) is 5.56 Å². The Morgan fingerprint density at radius 2 is 2.33 bits per heavy atom. The quantitative estimate of drug-likeness (QED) is 0.791. The first-order chi connectivity index (χ1) is 6.90. The number of nitriles is 1. The lowest BCUT2D eigenvalue weighted by Gasteiger charge is -2.22. The number of pyridine rings is 1. The molecule has 1 aliphatic heterocycles. The number of hydrogen-bond donors (Lipinski definition) is 1. The van der Waals surface area contributed by atoms with E-state index in [1.54, 1.807) is 6.20 Å². The second-order valence-corrected chi connectivity index (χ2v) is 3.66. The Hall–Kier alpha value is -1.11. The van der Waals surface area contributed by atoms with Crippen molar-refractivity contribution in [2.75, 3.05) is 13.1 Å². The molecule has 4 heteroatoms. The van der Waals surface area contributed by atoms with E-state index in [4.69, 9.17) is 5.26 Å². The van der Waals surface area contributed by atoms with Gasteiger partial charge in [-0.2, -0.15) is 5.26 Å². The summed E-state index contributed by atoms with van der Waals surface area (Å²) >= 11 is 0. The fourth-order valence-corrected chi connectivity index (χ4v) is 1.88. The Labute approximate surface area is 95.9 Å². The third-order valence-corrected chi connectivity index (χ3v) is 2.66. The zero-order chi connectivity index (χ0) is 9.80. The van der Waals surface area contributed by atoms with Crippen LogP contribution in [0.15, 0.2) is 18.5 Å². The summed E-state index contributed by atoms with van der Waals surface area (Å²) in [5.74, 6) is 0.532. The van der Waals surface area contributed by atoms with E-state index in [0.29, 0.717) is 11.5 Å². The van der Waals surface area contributed by atoms with E-state index in [9.17, 15) is 0 Å². The van der Waals surface area contributed by atoms with Gasteiger partial charge in [-0.05, 0) is 36.9 Å². The predicted molar refractivity (Wildman–Crippen MR) is 61.0 cm³/mol. The fourth-order valence-electron chi connectivity index (χ4n) is 1.88. The van der Waals surface area contributed by atoms with Crippen LogP contribution >= 0.6 is 12.4 Å². The van der Waals surface area contributed by atoms with Gasteiger partial charge < -0.3 is 5.32 Å². The van der Waals surface area contributed by atoms with Crippen molar-refractivity contribution in [3.05, 3.63) is 29.6 Å². The molecule has 1 fully saturated rings. The molecule has 1 atom stereocenters. The first-order valence-corrected chi connectivity index (χ1v) is 4.96. The molecule has 1 N–H and O–H groups in total. The van der Waals surface area contributed by atoms with Crippen LogP contribution in [0.1, 0.15) is 29.9 Å². The van der Waals surface area contributed by atoms with Crippen molar-refractivity contribution in [2.24, 2.45) is 0 Å². The minimum absolute atomic E-state index is 0. The molecule has 0 bridgehead atoms. The standard InChI is InChI=1S/C11H13N3.ClH/c12-5-9-4-11(8-14-6-9)10-2-1-3-13-7-10;/h4,6,8,10,13H,1-3,7H2;1H/t10-;/m0./s1. The maximum atomic E-state index is 8.75. The highest BCUT2D eigenvalue weighted by Gasteiger charge is 2.15. The highest BCUT2D eigenvalue weighted by Crippen LogP contribution is 2.22. The van der Waals surface area contributed by atoms with Crippen molar-refractivity contribution < 1.29 is 0 Å². The summed E-state index contributed by atoms with van der Waals surface area (Å²) in [6, 6.07) is 4.07. The Morgan fingerprint density at radius 3 is 3.00 bits per heavy atom. The fraction of sp³-hybridized carbons (Fsp3) is 0.455. The molecule has 80 valence electrons. The topological polar surface area (TPSA) is 48.7 Å². The molecule has 1 saturated heterocycles. The largest absolute Gasteiger partial charge is 0.316 e. The van der Waals surface area contributed by atoms with E-state index in [-0.39, 0.29) is 12.4 Å². The molecule has 1 aromatic rings. The van der Waals surface area contributed by atoms with Crippen molar-refractivity contribution in [1.82, 2.24) is 10.3 Å². The van der Waals surface area contributed by atoms with Crippen molar-refractivity contribution in [2.45, 2.75) is 18.8 Å². The molecule has 3 nitrogen and oxygen atoms in total. The van der Waals surface area contributed by atoms with Crippen LogP contribution in [0.3, 0.4) is 0 Å². The molecule has 0 amide bonds. The third kappa shape index (κ3) is 2.92. The summed E-state index contributed by atoms with van der Waals surface area (Å²) in [4.78, 5) is 4.08. The number of nitrogens with zero attached hydrogens (tertiary/aromatic N) is 2. The molecule has 0 saturated carbocycles. The van der Waals surface area contributed by atoms with Gasteiger partial charge in [0, 0.05) is 18.9 Å². The van der Waals surface area contributed by atoms with Crippen LogP contribution in [0.25, 0.3) is 0 Å². The summed E-state index contributed by atoms with van der Waals surface area (Å²) in [7, 11) is 0. The van der Waals surface area contributed by atoms with Gasteiger partial charge in [0.1, 0.15) is 6.07 Å². The Bertz CT molecular complexity index is 353. The normalized spacial score (nSPS) is 20.1. The van der Waals surface area contributed by atoms with Crippen LogP contribution in [-0.4, -0.2) is 18.1 Å². The third-order valence-electron chi connectivity index (χ3n) is 2.66. The summed E-state index contributed by atoms with van der Waals surface area (Å²) in [5.41, 5.74) is 1.85. The van der Waals surface area contributed by atoms with Gasteiger partial charge in [-0.25, -0.2) is 0 Å². The van der Waals surface area contributed by atoms with Crippen LogP contribution in [0, 0.1) is 11.3 Å². The second kappa shape index (κ2) is 5.69. The van der Waals surface area contributed by atoms with E-state index in [0.717, 1.165) is 13.1 Å². The van der Waals surface area contributed by atoms with Crippen LogP contribution in [0.5, 0.6) is 0 Å². The SMILES string of the molecule is Cl.N#Cc1cncc([C@H]2CCCNC2)c1. The minimum atomic E-state index is 0. The van der Waals surface area contributed by atoms with Gasteiger partial charge in [-0.3, -0.25) is 4.98 Å². The molecule has 0 aliphatic carbocycles. The molecule has 15 heavy (non-hydrogen) atoms. The number of rotatable bonds is 1. The lowest BCUT2D eigenvalue weighted by molar-refractivity contribution is 0.461. The maximum absolute atomic E-state index is 8.75. The summed E-state index contributed by atoms with van der Waals surface area (Å²) in [6.07, 6.45) is 5.89. The van der Waals surface area contributed by atoms with Gasteiger partial charge in [0.15, 0.2) is 0 Å². The van der Waals surface area contributed by atoms with Crippen molar-refractivity contribution in [1.29, 1.82) is 5.26 Å². The van der Waals surface area contributed by atoms with E-state index in [2.05, 4.69) is 16.4 Å². The van der Waals surface area contributed by atoms with Crippen LogP contribution < -0.4 is 5.32 Å². The lowest BCUT2D eigenvalue weighted by Crippen LogP contribution is -2.28. The summed E-state index contributed by atoms with van der Waals surface area (Å²) in [6.45, 7) is 2.12. The van der Waals surface area contributed by atoms with Gasteiger partial charge in [0.2, 0.25) is 0 Å². The maximum Gasteiger partial charge on any atom is 0.101 e. The number of hydrogen-bond acceptors (Lipinski definition) is 3. The molecule has 1 aliphatic rings. The van der Waals surface area contributed by atoms with Crippen molar-refractivity contribution in [3.63, 3.8) is 0 Å². The smallest absolute Gasteiger partial charge is 0.101 e. The van der Waals surface area contributed by atoms with E-state index < -0.39 is 0 Å². The lowest BCUT2D eigenvalue weighted by atomic mass is 9.92. The van der Waals surface area contributed by atoms with Crippen LogP contribution in [-0.2, 0) is 0 Å². The monoisotopic (exact) mass is 223 g/mol. The highest BCUT2D eigenvalue weighted by molar-refractivity contribution is 5.85. The summed E-state index contributed by atoms with van der Waals surface area (Å²) < 4.78 is 0. The van der Waals surface area contributed by atoms with Crippen molar-refractivity contribution in [3.8, 4) is 6.07 Å². The van der Waals surface area contributed by atoms with Gasteiger partial charge >= 0.3 is 0 Å². The molecule has 0 spiro atoms. The average molecular weight is 224 g/mol. The summed E-state index contributed by atoms with van der Waals surface area (Å²) in [5, 5.41) is 12.1. The molecular formula is C11H14ClN3. The molecular weight excluding hydrogens is 210 g/mol. The number of piperidine rings is 1. The van der Waals surface area contributed by atoms with E-state index >= 15 is 0 Å². The Morgan fingerprint density at radius 1 is 1.47 bits per heavy atom. The van der Waals surface area contributed by atoms with E-state index in [1.165, 1.54) is 18.4 Å². The Kier molecular flexibility index (Phi) is 4.54. The van der Waals surface area contributed by atoms with Crippen LogP contribution in [0.2, 0.25) is 0 Å². The number of nitrogens with one attached hydrogen (secondary N) is 1. The van der Waals surface area contributed by atoms with E-state index in [1.807, 2.05) is 12.3 Å². The van der Waals surface area contributed by atoms with Crippen molar-refractivity contribution >= 4 is 12.4 Å². The van der Waals surface area contributed by atoms with Gasteiger partial charge in [-0.15, -0.1) is 12.4 Å². The molecule has 2 rings (SSSR count). The minimum Gasteiger partial charge on any atom is -0.316 e. The predicted octanol–water partition coefficient (Wildman–Crippen LogP) is 1.84. The highest BCUT2D eigenvalue weighted by atomic mass is 35.5. The van der Waals surface area contributed by atoms with Crippen LogP contribution in [0.4, 0.5) is 0 Å². The molecule has 0 radical (unpaired) electrons. The zero-order valence-electron chi connectivity index (χ0n) is 8.44. The second-order valence-electron chi connectivity index (χ2n) is 3.66. The molecule has 1 aromatic heterocycles. The molecule has 2 heterocycles. The average Bonchev–Trinajstić information content (AvgIpc) is 2.30. The van der Waals surface area contributed by atoms with Gasteiger partial charge in [-0.1, -0.05) is 0 Å².